The molecule has 0 radical (unpaired) electrons. The summed E-state index contributed by atoms with van der Waals surface area (Å²) in [6.07, 6.45) is 1.59. The third-order valence-electron chi connectivity index (χ3n) is 5.37. The molecular weight excluding hydrogens is 420 g/mol. The van der Waals surface area contributed by atoms with E-state index in [0.717, 1.165) is 6.92 Å². The zero-order chi connectivity index (χ0) is 24.0. The smallest absolute Gasteiger partial charge is 0.337 e. The lowest BCUT2D eigenvalue weighted by atomic mass is 9.83. The number of hydrogen-bond acceptors (Lipinski definition) is 9. The van der Waals surface area contributed by atoms with Crippen molar-refractivity contribution in [3.8, 4) is 0 Å². The molecule has 9 heteroatoms. The van der Waals surface area contributed by atoms with Crippen LogP contribution in [0.2, 0.25) is 0 Å². The van der Waals surface area contributed by atoms with Crippen LogP contribution in [0.5, 0.6) is 0 Å². The van der Waals surface area contributed by atoms with Crippen molar-refractivity contribution in [2.75, 3.05) is 13.7 Å². The fourth-order valence-corrected chi connectivity index (χ4v) is 3.57. The van der Waals surface area contributed by atoms with Crippen LogP contribution in [0.15, 0.2) is 47.1 Å². The molecule has 0 aromatic carbocycles. The molecule has 0 amide bonds. The van der Waals surface area contributed by atoms with Crippen LogP contribution < -0.4 is 0 Å². The van der Waals surface area contributed by atoms with Crippen molar-refractivity contribution in [3.63, 3.8) is 0 Å². The largest absolute Gasteiger partial charge is 0.466 e. The fraction of sp³-hybridized carbons (Fsp3) is 0.478. The molecule has 1 saturated heterocycles. The number of fused-ring (bicyclic) bond motifs is 1. The zero-order valence-corrected chi connectivity index (χ0v) is 18.6. The molecule has 1 aliphatic carbocycles. The molecule has 1 N–H and O–H groups in total. The topological polar surface area (TPSA) is 125 Å². The van der Waals surface area contributed by atoms with Crippen molar-refractivity contribution in [2.24, 2.45) is 5.92 Å². The number of allylic oxidation sites excluding steroid dienone is 2. The highest BCUT2D eigenvalue weighted by molar-refractivity contribution is 5.93. The molecule has 0 spiro atoms. The van der Waals surface area contributed by atoms with Crippen molar-refractivity contribution in [1.29, 1.82) is 0 Å². The number of carbonyl (C=O) groups excluding carboxylic acids is 4. The van der Waals surface area contributed by atoms with Gasteiger partial charge in [-0.3, -0.25) is 4.79 Å². The van der Waals surface area contributed by atoms with Gasteiger partial charge in [0.2, 0.25) is 0 Å². The summed E-state index contributed by atoms with van der Waals surface area (Å²) in [7, 11) is 1.17. The highest BCUT2D eigenvalue weighted by Gasteiger charge is 2.50. The van der Waals surface area contributed by atoms with Crippen LogP contribution in [0.1, 0.15) is 33.6 Å². The highest BCUT2D eigenvalue weighted by Crippen LogP contribution is 2.38. The Kier molecular flexibility index (Phi) is 8.54. The number of hydrogen-bond donors (Lipinski definition) is 1. The van der Waals surface area contributed by atoms with E-state index < -0.39 is 48.1 Å². The molecule has 0 bridgehead atoms. The van der Waals surface area contributed by atoms with Crippen molar-refractivity contribution >= 4 is 23.9 Å². The summed E-state index contributed by atoms with van der Waals surface area (Å²) >= 11 is 0. The van der Waals surface area contributed by atoms with E-state index in [0.29, 0.717) is 12.0 Å². The summed E-state index contributed by atoms with van der Waals surface area (Å²) in [5.41, 5.74) is 0.764. The lowest BCUT2D eigenvalue weighted by Crippen LogP contribution is -2.46. The second-order valence-electron chi connectivity index (χ2n) is 7.47. The average Bonchev–Trinajstić information content (AvgIpc) is 3.04. The minimum atomic E-state index is -1.38. The van der Waals surface area contributed by atoms with Crippen molar-refractivity contribution in [2.45, 2.75) is 51.9 Å². The predicted octanol–water partition coefficient (Wildman–Crippen LogP) is 1.71. The first-order valence-corrected chi connectivity index (χ1v) is 10.1. The third kappa shape index (κ3) is 5.53. The summed E-state index contributed by atoms with van der Waals surface area (Å²) in [6.45, 7) is 7.80. The van der Waals surface area contributed by atoms with E-state index in [9.17, 15) is 24.3 Å². The molecule has 2 rings (SSSR count). The first-order chi connectivity index (χ1) is 15.1. The Morgan fingerprint density at radius 1 is 1.28 bits per heavy atom. The van der Waals surface area contributed by atoms with E-state index in [1.807, 2.05) is 0 Å². The highest BCUT2D eigenvalue weighted by atomic mass is 16.6. The molecular formula is C23H28O9. The van der Waals surface area contributed by atoms with Gasteiger partial charge in [0.05, 0.1) is 25.2 Å². The minimum Gasteiger partial charge on any atom is -0.466 e. The van der Waals surface area contributed by atoms with Gasteiger partial charge < -0.3 is 24.1 Å². The van der Waals surface area contributed by atoms with E-state index in [2.05, 4.69) is 6.58 Å². The van der Waals surface area contributed by atoms with Crippen molar-refractivity contribution in [1.82, 2.24) is 0 Å². The molecule has 1 heterocycles. The van der Waals surface area contributed by atoms with Gasteiger partial charge in [0.15, 0.2) is 12.2 Å². The molecule has 174 valence electrons. The number of ether oxygens (including phenoxy) is 4. The Hall–Kier alpha value is -3.20. The Labute approximate surface area is 186 Å². The van der Waals surface area contributed by atoms with Crippen LogP contribution in [0.4, 0.5) is 0 Å². The number of aliphatic hydroxyl groups is 1. The summed E-state index contributed by atoms with van der Waals surface area (Å²) in [5.74, 6) is -3.95. The number of carbonyl (C=O) groups is 4. The quantitative estimate of drug-likeness (QED) is 0.289. The third-order valence-corrected chi connectivity index (χ3v) is 5.37. The Morgan fingerprint density at radius 3 is 2.53 bits per heavy atom. The number of esters is 4. The minimum absolute atomic E-state index is 0.0126. The van der Waals surface area contributed by atoms with Gasteiger partial charge in [0.1, 0.15) is 6.10 Å². The normalized spacial score (nSPS) is 29.5. The maximum absolute atomic E-state index is 12.7. The predicted molar refractivity (Wildman–Crippen MR) is 112 cm³/mol. The Bertz CT molecular complexity index is 893. The standard InChI is InChI=1S/C23H28O9/c1-6-12(2)21(26)32-20-18-13(3)22(27)31-17(18)10-15(11-24)8-7-9-16(23(28)29-5)19(20)30-14(4)25/h6,9-10,17-20,24H,3,7-8,11H2,1-2,4-5H3/b12-6+,15-10+,16-9+/t17-,18+,19+,20+/m1/s1. The molecule has 32 heavy (non-hydrogen) atoms. The monoisotopic (exact) mass is 448 g/mol. The van der Waals surface area contributed by atoms with Crippen LogP contribution in [-0.4, -0.2) is 61.0 Å². The van der Waals surface area contributed by atoms with Gasteiger partial charge in [0.25, 0.3) is 0 Å². The second-order valence-corrected chi connectivity index (χ2v) is 7.47. The Morgan fingerprint density at radius 2 is 1.97 bits per heavy atom. The molecule has 0 aromatic rings. The van der Waals surface area contributed by atoms with Gasteiger partial charge in [-0.15, -0.1) is 0 Å². The molecule has 4 atom stereocenters. The van der Waals surface area contributed by atoms with E-state index >= 15 is 0 Å². The Balaban J connectivity index is 2.73. The van der Waals surface area contributed by atoms with E-state index in [4.69, 9.17) is 18.9 Å². The lowest BCUT2D eigenvalue weighted by molar-refractivity contribution is -0.167. The maximum Gasteiger partial charge on any atom is 0.337 e. The van der Waals surface area contributed by atoms with Crippen LogP contribution in [-0.2, 0) is 38.1 Å². The van der Waals surface area contributed by atoms with Crippen LogP contribution in [0.25, 0.3) is 0 Å². The molecule has 2 aliphatic rings. The van der Waals surface area contributed by atoms with Gasteiger partial charge in [-0.25, -0.2) is 14.4 Å². The van der Waals surface area contributed by atoms with Gasteiger partial charge in [0, 0.05) is 18.1 Å². The first kappa shape index (κ1) is 25.1. The second kappa shape index (κ2) is 10.9. The number of methoxy groups -OCH3 is 1. The summed E-state index contributed by atoms with van der Waals surface area (Å²) in [4.78, 5) is 49.6. The maximum atomic E-state index is 12.7. The fourth-order valence-electron chi connectivity index (χ4n) is 3.57. The first-order valence-electron chi connectivity index (χ1n) is 10.1. The zero-order valence-electron chi connectivity index (χ0n) is 18.6. The van der Waals surface area contributed by atoms with E-state index in [1.54, 1.807) is 13.0 Å². The summed E-state index contributed by atoms with van der Waals surface area (Å²) in [6, 6.07) is 0. The van der Waals surface area contributed by atoms with Gasteiger partial charge in [-0.2, -0.15) is 0 Å². The van der Waals surface area contributed by atoms with Gasteiger partial charge >= 0.3 is 23.9 Å². The number of aliphatic hydroxyl groups excluding tert-OH is 1. The van der Waals surface area contributed by atoms with Crippen molar-refractivity contribution < 1.29 is 43.2 Å². The number of rotatable bonds is 5. The van der Waals surface area contributed by atoms with E-state index in [-0.39, 0.29) is 29.7 Å². The SMILES string of the molecule is C=C1C(=O)O[C@@H]2/C=C(/CO)CC/C=C(/C(=O)OC)[C@H](OC(C)=O)[C@@H](OC(=O)/C(C)=C/C)[C@@H]12. The van der Waals surface area contributed by atoms with Crippen LogP contribution >= 0.6 is 0 Å². The molecule has 0 saturated carbocycles. The lowest BCUT2D eigenvalue weighted by Gasteiger charge is -2.33. The van der Waals surface area contributed by atoms with Gasteiger partial charge in [-0.1, -0.05) is 18.7 Å². The van der Waals surface area contributed by atoms with Crippen LogP contribution in [0, 0.1) is 5.92 Å². The summed E-state index contributed by atoms with van der Waals surface area (Å²) in [5, 5.41) is 9.72. The van der Waals surface area contributed by atoms with Gasteiger partial charge in [-0.05, 0) is 38.3 Å². The molecule has 9 nitrogen and oxygen atoms in total. The molecule has 1 aliphatic heterocycles. The van der Waals surface area contributed by atoms with Crippen molar-refractivity contribution in [3.05, 3.63) is 47.1 Å². The summed E-state index contributed by atoms with van der Waals surface area (Å²) < 4.78 is 21.4. The van der Waals surface area contributed by atoms with Crippen LogP contribution in [0.3, 0.4) is 0 Å². The molecule has 0 aromatic heterocycles. The molecule has 0 unspecified atom stereocenters. The van der Waals surface area contributed by atoms with E-state index in [1.165, 1.54) is 26.2 Å². The average molecular weight is 448 g/mol. The molecule has 1 fully saturated rings.